The first kappa shape index (κ1) is 10.4. The molecule has 0 radical (unpaired) electrons. The first-order valence-electron chi connectivity index (χ1n) is 5.49. The summed E-state index contributed by atoms with van der Waals surface area (Å²) in [7, 11) is 0. The number of Topliss-reactive ketones (excluding diaryl/α,β-unsaturated/α-hetero) is 1. The second-order valence-corrected chi connectivity index (χ2v) is 4.25. The number of aromatic nitrogens is 2. The van der Waals surface area contributed by atoms with Crippen molar-refractivity contribution in [2.75, 3.05) is 6.54 Å². The fraction of sp³-hybridized carbons (Fsp3) is 0.636. The molecule has 0 unspecified atom stereocenters. The van der Waals surface area contributed by atoms with Crippen LogP contribution in [0.15, 0.2) is 12.4 Å². The summed E-state index contributed by atoms with van der Waals surface area (Å²) in [5.41, 5.74) is 6.13. The monoisotopic (exact) mass is 207 g/mol. The van der Waals surface area contributed by atoms with Crippen molar-refractivity contribution in [3.63, 3.8) is 0 Å². The Morgan fingerprint density at radius 3 is 2.80 bits per heavy atom. The molecular formula is C11H17N3O. The zero-order valence-electron chi connectivity index (χ0n) is 9.07. The van der Waals surface area contributed by atoms with Gasteiger partial charge in [0.1, 0.15) is 0 Å². The maximum atomic E-state index is 12.2. The van der Waals surface area contributed by atoms with Crippen molar-refractivity contribution >= 4 is 5.78 Å². The van der Waals surface area contributed by atoms with E-state index in [9.17, 15) is 4.79 Å². The molecule has 1 saturated carbocycles. The molecule has 0 bridgehead atoms. The molecule has 0 aliphatic heterocycles. The standard InChI is InChI=1S/C11H17N3O/c1-2-14-7-9(6-13-14)10(15)11(8-12)4-3-5-11/h6-7H,2-5,8,12H2,1H3. The van der Waals surface area contributed by atoms with Crippen LogP contribution in [-0.2, 0) is 6.54 Å². The Hall–Kier alpha value is -1.16. The van der Waals surface area contributed by atoms with E-state index in [1.165, 1.54) is 0 Å². The van der Waals surface area contributed by atoms with Crippen molar-refractivity contribution in [2.24, 2.45) is 11.1 Å². The van der Waals surface area contributed by atoms with E-state index in [2.05, 4.69) is 5.10 Å². The number of carbonyl (C=O) groups excluding carboxylic acids is 1. The first-order chi connectivity index (χ1) is 7.22. The molecule has 1 aliphatic rings. The summed E-state index contributed by atoms with van der Waals surface area (Å²) >= 11 is 0. The molecule has 0 amide bonds. The second-order valence-electron chi connectivity index (χ2n) is 4.25. The molecule has 1 aromatic heterocycles. The molecule has 1 heterocycles. The number of nitrogens with zero attached hydrogens (tertiary/aromatic N) is 2. The highest BCUT2D eigenvalue weighted by molar-refractivity contribution is 6.00. The molecule has 0 spiro atoms. The van der Waals surface area contributed by atoms with Gasteiger partial charge in [-0.2, -0.15) is 5.10 Å². The molecule has 0 aromatic carbocycles. The zero-order chi connectivity index (χ0) is 10.9. The minimum atomic E-state index is -0.276. The van der Waals surface area contributed by atoms with Crippen LogP contribution in [0.4, 0.5) is 0 Å². The molecule has 0 atom stereocenters. The Bertz CT molecular complexity index is 360. The molecule has 1 aromatic rings. The number of ketones is 1. The van der Waals surface area contributed by atoms with Crippen LogP contribution in [0.5, 0.6) is 0 Å². The molecule has 1 fully saturated rings. The van der Waals surface area contributed by atoms with Crippen LogP contribution in [0.2, 0.25) is 0 Å². The summed E-state index contributed by atoms with van der Waals surface area (Å²) in [6.45, 7) is 3.26. The molecule has 4 heteroatoms. The smallest absolute Gasteiger partial charge is 0.173 e. The maximum absolute atomic E-state index is 12.2. The average molecular weight is 207 g/mol. The maximum Gasteiger partial charge on any atom is 0.173 e. The fourth-order valence-electron chi connectivity index (χ4n) is 2.09. The Morgan fingerprint density at radius 2 is 2.40 bits per heavy atom. The zero-order valence-corrected chi connectivity index (χ0v) is 9.07. The Morgan fingerprint density at radius 1 is 1.67 bits per heavy atom. The number of carbonyl (C=O) groups is 1. The van der Waals surface area contributed by atoms with Crippen LogP contribution >= 0.6 is 0 Å². The van der Waals surface area contributed by atoms with Gasteiger partial charge < -0.3 is 5.73 Å². The van der Waals surface area contributed by atoms with Gasteiger partial charge in [-0.3, -0.25) is 9.48 Å². The molecule has 2 rings (SSSR count). The predicted molar refractivity (Wildman–Crippen MR) is 57.6 cm³/mol. The van der Waals surface area contributed by atoms with Gasteiger partial charge in [0.2, 0.25) is 0 Å². The lowest BCUT2D eigenvalue weighted by atomic mass is 9.65. The van der Waals surface area contributed by atoms with E-state index >= 15 is 0 Å². The third-order valence-electron chi connectivity index (χ3n) is 3.40. The van der Waals surface area contributed by atoms with E-state index in [4.69, 9.17) is 5.73 Å². The topological polar surface area (TPSA) is 60.9 Å². The minimum absolute atomic E-state index is 0.177. The van der Waals surface area contributed by atoms with Gasteiger partial charge in [0, 0.05) is 24.7 Å². The predicted octanol–water partition coefficient (Wildman–Crippen LogP) is 1.21. The van der Waals surface area contributed by atoms with E-state index in [0.717, 1.165) is 25.8 Å². The second kappa shape index (κ2) is 3.77. The van der Waals surface area contributed by atoms with Gasteiger partial charge in [-0.25, -0.2) is 0 Å². The summed E-state index contributed by atoms with van der Waals surface area (Å²) in [6, 6.07) is 0. The van der Waals surface area contributed by atoms with Gasteiger partial charge in [0.25, 0.3) is 0 Å². The molecule has 4 nitrogen and oxygen atoms in total. The number of aryl methyl sites for hydroxylation is 1. The fourth-order valence-corrected chi connectivity index (χ4v) is 2.09. The molecule has 1 aliphatic carbocycles. The average Bonchev–Trinajstić information content (AvgIpc) is 2.64. The van der Waals surface area contributed by atoms with Crippen molar-refractivity contribution in [1.29, 1.82) is 0 Å². The van der Waals surface area contributed by atoms with E-state index < -0.39 is 0 Å². The summed E-state index contributed by atoms with van der Waals surface area (Å²) < 4.78 is 1.77. The summed E-state index contributed by atoms with van der Waals surface area (Å²) in [5, 5.41) is 4.12. The molecule has 82 valence electrons. The van der Waals surface area contributed by atoms with Crippen LogP contribution in [0.25, 0.3) is 0 Å². The SMILES string of the molecule is CCn1cc(C(=O)C2(CN)CCC2)cn1. The van der Waals surface area contributed by atoms with Crippen LogP contribution in [0, 0.1) is 5.41 Å². The lowest BCUT2D eigenvalue weighted by molar-refractivity contribution is 0.0636. The number of hydrogen-bond donors (Lipinski definition) is 1. The minimum Gasteiger partial charge on any atom is -0.329 e. The van der Waals surface area contributed by atoms with Gasteiger partial charge in [0.15, 0.2) is 5.78 Å². The number of nitrogens with two attached hydrogens (primary N) is 1. The van der Waals surface area contributed by atoms with Gasteiger partial charge >= 0.3 is 0 Å². The molecule has 2 N–H and O–H groups in total. The molecular weight excluding hydrogens is 190 g/mol. The third-order valence-corrected chi connectivity index (χ3v) is 3.40. The van der Waals surface area contributed by atoms with Gasteiger partial charge in [-0.1, -0.05) is 6.42 Å². The normalized spacial score (nSPS) is 18.5. The molecule has 0 saturated heterocycles. The van der Waals surface area contributed by atoms with Gasteiger partial charge in [0.05, 0.1) is 11.8 Å². The summed E-state index contributed by atoms with van der Waals surface area (Å²) in [4.78, 5) is 12.2. The highest BCUT2D eigenvalue weighted by Crippen LogP contribution is 2.42. The van der Waals surface area contributed by atoms with E-state index in [1.54, 1.807) is 10.9 Å². The van der Waals surface area contributed by atoms with Crippen molar-refractivity contribution in [3.8, 4) is 0 Å². The van der Waals surface area contributed by atoms with Crippen molar-refractivity contribution in [1.82, 2.24) is 9.78 Å². The first-order valence-corrected chi connectivity index (χ1v) is 5.49. The van der Waals surface area contributed by atoms with E-state index in [-0.39, 0.29) is 11.2 Å². The third kappa shape index (κ3) is 1.59. The summed E-state index contributed by atoms with van der Waals surface area (Å²) in [6.07, 6.45) is 6.45. The van der Waals surface area contributed by atoms with Gasteiger partial charge in [-0.05, 0) is 19.8 Å². The Balaban J connectivity index is 2.19. The Kier molecular flexibility index (Phi) is 2.61. The van der Waals surface area contributed by atoms with Crippen LogP contribution in [-0.4, -0.2) is 22.1 Å². The number of hydrogen-bond acceptors (Lipinski definition) is 3. The van der Waals surface area contributed by atoms with Crippen molar-refractivity contribution in [3.05, 3.63) is 18.0 Å². The summed E-state index contributed by atoms with van der Waals surface area (Å²) in [5.74, 6) is 0.177. The molecule has 15 heavy (non-hydrogen) atoms. The highest BCUT2D eigenvalue weighted by atomic mass is 16.1. The van der Waals surface area contributed by atoms with E-state index in [1.807, 2.05) is 13.1 Å². The van der Waals surface area contributed by atoms with Crippen LogP contribution in [0.3, 0.4) is 0 Å². The van der Waals surface area contributed by atoms with E-state index in [0.29, 0.717) is 12.1 Å². The van der Waals surface area contributed by atoms with Crippen molar-refractivity contribution < 1.29 is 4.79 Å². The Labute approximate surface area is 89.5 Å². The quantitative estimate of drug-likeness (QED) is 0.755. The van der Waals surface area contributed by atoms with Crippen molar-refractivity contribution in [2.45, 2.75) is 32.7 Å². The largest absolute Gasteiger partial charge is 0.329 e. The lowest BCUT2D eigenvalue weighted by Gasteiger charge is -2.38. The highest BCUT2D eigenvalue weighted by Gasteiger charge is 2.43. The van der Waals surface area contributed by atoms with Crippen LogP contribution in [0.1, 0.15) is 36.5 Å². The van der Waals surface area contributed by atoms with Crippen LogP contribution < -0.4 is 5.73 Å². The lowest BCUT2D eigenvalue weighted by Crippen LogP contribution is -2.44. The van der Waals surface area contributed by atoms with Gasteiger partial charge in [-0.15, -0.1) is 0 Å². The number of rotatable bonds is 4.